The predicted octanol–water partition coefficient (Wildman–Crippen LogP) is 3.56. The molecule has 0 aliphatic carbocycles. The maximum absolute atomic E-state index is 13.3. The Balaban J connectivity index is 2.28. The molecule has 1 heterocycles. The van der Waals surface area contributed by atoms with Gasteiger partial charge in [-0.05, 0) is 66.8 Å². The van der Waals surface area contributed by atoms with Crippen molar-refractivity contribution >= 4 is 29.1 Å². The Kier molecular flexibility index (Phi) is 4.64. The van der Waals surface area contributed by atoms with Crippen molar-refractivity contribution < 1.29 is 13.7 Å². The summed E-state index contributed by atoms with van der Waals surface area (Å²) in [5, 5.41) is 0. The normalized spacial score (nSPS) is 20.9. The summed E-state index contributed by atoms with van der Waals surface area (Å²) in [5.41, 5.74) is 6.69. The third-order valence-corrected chi connectivity index (χ3v) is 4.70. The second kappa shape index (κ2) is 5.84. The van der Waals surface area contributed by atoms with Gasteiger partial charge in [0, 0.05) is 6.54 Å². The average Bonchev–Trinajstić information content (AvgIpc) is 2.59. The molecule has 1 saturated heterocycles. The first-order valence-electron chi connectivity index (χ1n) is 6.87. The van der Waals surface area contributed by atoms with E-state index in [4.69, 9.17) is 15.0 Å². The van der Waals surface area contributed by atoms with Gasteiger partial charge < -0.3 is 15.0 Å². The van der Waals surface area contributed by atoms with Crippen LogP contribution in [0, 0.1) is 5.82 Å². The highest BCUT2D eigenvalue weighted by Gasteiger charge is 2.52. The van der Waals surface area contributed by atoms with Gasteiger partial charge in [-0.1, -0.05) is 12.1 Å². The molecule has 0 spiro atoms. The van der Waals surface area contributed by atoms with E-state index >= 15 is 0 Å². The van der Waals surface area contributed by atoms with Gasteiger partial charge in [0.2, 0.25) is 0 Å². The van der Waals surface area contributed by atoms with Gasteiger partial charge >= 0.3 is 7.12 Å². The summed E-state index contributed by atoms with van der Waals surface area (Å²) >= 11 is 3.18. The molecular weight excluding hydrogens is 336 g/mol. The average molecular weight is 356 g/mol. The fourth-order valence-electron chi connectivity index (χ4n) is 2.03. The lowest BCUT2D eigenvalue weighted by atomic mass is 9.77. The molecule has 1 aromatic rings. The van der Waals surface area contributed by atoms with E-state index in [1.807, 2.05) is 33.8 Å². The van der Waals surface area contributed by atoms with E-state index in [0.717, 1.165) is 11.0 Å². The molecule has 21 heavy (non-hydrogen) atoms. The Morgan fingerprint density at radius 3 is 2.33 bits per heavy atom. The summed E-state index contributed by atoms with van der Waals surface area (Å²) in [4.78, 5) is 0. The third kappa shape index (κ3) is 3.39. The molecule has 2 rings (SSSR count). The van der Waals surface area contributed by atoms with Crippen molar-refractivity contribution in [1.29, 1.82) is 0 Å². The summed E-state index contributed by atoms with van der Waals surface area (Å²) in [7, 11) is -0.483. The van der Waals surface area contributed by atoms with Crippen LogP contribution >= 0.6 is 15.9 Å². The molecule has 3 nitrogen and oxygen atoms in total. The molecule has 1 aliphatic rings. The number of halogens is 2. The quantitative estimate of drug-likeness (QED) is 0.843. The number of rotatable bonds is 3. The molecule has 114 valence electrons. The van der Waals surface area contributed by atoms with Gasteiger partial charge in [-0.2, -0.15) is 0 Å². The summed E-state index contributed by atoms with van der Waals surface area (Å²) in [6.07, 6.45) is 1.88. The molecule has 1 fully saturated rings. The van der Waals surface area contributed by atoms with E-state index in [1.165, 1.54) is 6.07 Å². The van der Waals surface area contributed by atoms with Crippen molar-refractivity contribution in [2.75, 3.05) is 6.54 Å². The zero-order valence-corrected chi connectivity index (χ0v) is 14.3. The zero-order valence-electron chi connectivity index (χ0n) is 12.7. The van der Waals surface area contributed by atoms with Crippen LogP contribution in [0.3, 0.4) is 0 Å². The second-order valence-corrected chi connectivity index (χ2v) is 7.04. The van der Waals surface area contributed by atoms with E-state index in [0.29, 0.717) is 11.0 Å². The van der Waals surface area contributed by atoms with Crippen molar-refractivity contribution in [3.8, 4) is 0 Å². The lowest BCUT2D eigenvalue weighted by Crippen LogP contribution is -2.41. The van der Waals surface area contributed by atoms with Gasteiger partial charge in [0.25, 0.3) is 0 Å². The number of hydrogen-bond donors (Lipinski definition) is 1. The topological polar surface area (TPSA) is 44.5 Å². The molecule has 1 aromatic carbocycles. The molecule has 6 heteroatoms. The van der Waals surface area contributed by atoms with Crippen LogP contribution in [0.5, 0.6) is 0 Å². The third-order valence-electron chi connectivity index (χ3n) is 4.09. The van der Waals surface area contributed by atoms with Crippen LogP contribution in [0.2, 0.25) is 0 Å². The highest BCUT2D eigenvalue weighted by Crippen LogP contribution is 2.38. The van der Waals surface area contributed by atoms with Crippen LogP contribution in [-0.2, 0) is 9.31 Å². The lowest BCUT2D eigenvalue weighted by Gasteiger charge is -2.32. The fourth-order valence-corrected chi connectivity index (χ4v) is 2.43. The van der Waals surface area contributed by atoms with Crippen LogP contribution in [0.15, 0.2) is 28.1 Å². The molecule has 1 aliphatic heterocycles. The van der Waals surface area contributed by atoms with Crippen LogP contribution in [-0.4, -0.2) is 24.9 Å². The predicted molar refractivity (Wildman–Crippen MR) is 87.2 cm³/mol. The summed E-state index contributed by atoms with van der Waals surface area (Å²) in [6.45, 7) is 8.29. The molecule has 0 atom stereocenters. The minimum absolute atomic E-state index is 0.294. The first kappa shape index (κ1) is 16.7. The SMILES string of the molecule is CC1(C)OB(C(=Cc2ccc(F)c(Br)c2)CN)OC1(C)C. The van der Waals surface area contributed by atoms with Crippen LogP contribution in [0.1, 0.15) is 33.3 Å². The molecule has 0 bridgehead atoms. The van der Waals surface area contributed by atoms with Crippen molar-refractivity contribution in [2.24, 2.45) is 5.73 Å². The molecule has 0 saturated carbocycles. The summed E-state index contributed by atoms with van der Waals surface area (Å²) < 4.78 is 25.7. The maximum Gasteiger partial charge on any atom is 0.491 e. The molecule has 0 amide bonds. The Morgan fingerprint density at radius 1 is 1.29 bits per heavy atom. The Bertz CT molecular complexity index is 559. The number of hydrogen-bond acceptors (Lipinski definition) is 3. The van der Waals surface area contributed by atoms with Crippen molar-refractivity contribution in [1.82, 2.24) is 0 Å². The number of benzene rings is 1. The van der Waals surface area contributed by atoms with Gasteiger partial charge in [0.05, 0.1) is 15.7 Å². The Hall–Kier alpha value is -0.685. The molecule has 0 unspecified atom stereocenters. The first-order valence-corrected chi connectivity index (χ1v) is 7.67. The second-order valence-electron chi connectivity index (χ2n) is 6.19. The minimum Gasteiger partial charge on any atom is -0.400 e. The number of nitrogens with two attached hydrogens (primary N) is 1. The van der Waals surface area contributed by atoms with E-state index in [2.05, 4.69) is 15.9 Å². The minimum atomic E-state index is -0.483. The van der Waals surface area contributed by atoms with Crippen LogP contribution < -0.4 is 5.73 Å². The van der Waals surface area contributed by atoms with Gasteiger partial charge in [0.1, 0.15) is 5.82 Å². The fraction of sp³-hybridized carbons (Fsp3) is 0.467. The lowest BCUT2D eigenvalue weighted by molar-refractivity contribution is 0.00578. The Morgan fingerprint density at radius 2 is 1.86 bits per heavy atom. The summed E-state index contributed by atoms with van der Waals surface area (Å²) in [6, 6.07) is 4.81. The van der Waals surface area contributed by atoms with E-state index in [-0.39, 0.29) is 5.82 Å². The van der Waals surface area contributed by atoms with Gasteiger partial charge in [-0.15, -0.1) is 0 Å². The maximum atomic E-state index is 13.3. The standard InChI is InChI=1S/C15H20BBrFNO2/c1-14(2)15(3,4)21-16(20-14)11(9-19)7-10-5-6-13(18)12(17)8-10/h5-8H,9,19H2,1-4H3. The first-order chi connectivity index (χ1) is 9.66. The highest BCUT2D eigenvalue weighted by molar-refractivity contribution is 9.10. The van der Waals surface area contributed by atoms with Crippen LogP contribution in [0.25, 0.3) is 6.08 Å². The van der Waals surface area contributed by atoms with Crippen molar-refractivity contribution in [2.45, 2.75) is 38.9 Å². The van der Waals surface area contributed by atoms with Gasteiger partial charge in [-0.3, -0.25) is 0 Å². The van der Waals surface area contributed by atoms with Gasteiger partial charge in [-0.25, -0.2) is 4.39 Å². The smallest absolute Gasteiger partial charge is 0.400 e. The highest BCUT2D eigenvalue weighted by atomic mass is 79.9. The van der Waals surface area contributed by atoms with E-state index in [1.54, 1.807) is 12.1 Å². The van der Waals surface area contributed by atoms with Crippen LogP contribution in [0.4, 0.5) is 4.39 Å². The Labute approximate surface area is 134 Å². The largest absolute Gasteiger partial charge is 0.491 e. The van der Waals surface area contributed by atoms with Crippen molar-refractivity contribution in [3.05, 3.63) is 39.5 Å². The van der Waals surface area contributed by atoms with Crippen molar-refractivity contribution in [3.63, 3.8) is 0 Å². The molecule has 0 radical (unpaired) electrons. The van der Waals surface area contributed by atoms with E-state index in [9.17, 15) is 4.39 Å². The molecule has 2 N–H and O–H groups in total. The zero-order chi connectivity index (χ0) is 15.8. The monoisotopic (exact) mass is 355 g/mol. The molecule has 0 aromatic heterocycles. The molecular formula is C15H20BBrFNO2. The van der Waals surface area contributed by atoms with Gasteiger partial charge in [0.15, 0.2) is 0 Å². The van der Waals surface area contributed by atoms with E-state index < -0.39 is 18.3 Å². The summed E-state index contributed by atoms with van der Waals surface area (Å²) in [5.74, 6) is -0.294.